The van der Waals surface area contributed by atoms with E-state index in [2.05, 4.69) is 69.3 Å². The molecular weight excluding hydrogens is 372 g/mol. The molecule has 0 saturated heterocycles. The molecule has 0 radical (unpaired) electrons. The van der Waals surface area contributed by atoms with Crippen molar-refractivity contribution in [3.63, 3.8) is 0 Å². The number of hydrogen-bond donors (Lipinski definition) is 0. The fourth-order valence-corrected chi connectivity index (χ4v) is 6.72. The summed E-state index contributed by atoms with van der Waals surface area (Å²) in [4.78, 5) is 0. The monoisotopic (exact) mass is 412 g/mol. The zero-order chi connectivity index (χ0) is 21.4. The van der Waals surface area contributed by atoms with E-state index in [1.165, 1.54) is 85.6 Å². The van der Waals surface area contributed by atoms with E-state index in [1.54, 1.807) is 12.0 Å². The summed E-state index contributed by atoms with van der Waals surface area (Å²) in [6, 6.07) is 16.2. The Hall–Kier alpha value is -1.82. The van der Waals surface area contributed by atoms with Gasteiger partial charge in [0, 0.05) is 0 Å². The van der Waals surface area contributed by atoms with Crippen molar-refractivity contribution >= 4 is 6.08 Å². The van der Waals surface area contributed by atoms with Crippen molar-refractivity contribution in [1.29, 1.82) is 0 Å². The van der Waals surface area contributed by atoms with Gasteiger partial charge < -0.3 is 0 Å². The van der Waals surface area contributed by atoms with Gasteiger partial charge in [-0.2, -0.15) is 0 Å². The predicted octanol–water partition coefficient (Wildman–Crippen LogP) is 8.98. The maximum Gasteiger partial charge on any atom is -0.00576 e. The third-order valence-corrected chi connectivity index (χ3v) is 8.36. The van der Waals surface area contributed by atoms with Crippen LogP contribution in [-0.2, 0) is 11.8 Å². The second-order valence-corrected chi connectivity index (χ2v) is 11.8. The molecule has 3 aliphatic carbocycles. The lowest BCUT2D eigenvalue weighted by Crippen LogP contribution is -2.26. The van der Waals surface area contributed by atoms with E-state index in [4.69, 9.17) is 0 Å². The summed E-state index contributed by atoms with van der Waals surface area (Å²) in [6.45, 7) is 6.87. The first-order valence-corrected chi connectivity index (χ1v) is 12.9. The van der Waals surface area contributed by atoms with Crippen molar-refractivity contribution in [1.82, 2.24) is 0 Å². The lowest BCUT2D eigenvalue weighted by molar-refractivity contribution is 0.131. The lowest BCUT2D eigenvalue weighted by atomic mass is 9.67. The van der Waals surface area contributed by atoms with Crippen LogP contribution in [0.25, 0.3) is 17.2 Å². The van der Waals surface area contributed by atoms with Gasteiger partial charge in [0.1, 0.15) is 0 Å². The molecule has 0 heterocycles. The summed E-state index contributed by atoms with van der Waals surface area (Å²) in [5.41, 5.74) is 9.05. The SMILES string of the molecule is CC(C)(C)c1ccc(-c2cccc3c2C=C(CCCC2CC4CCCC(C2)C4)C3)cc1. The topological polar surface area (TPSA) is 0 Å². The van der Waals surface area contributed by atoms with Gasteiger partial charge in [-0.3, -0.25) is 0 Å². The fourth-order valence-electron chi connectivity index (χ4n) is 6.72. The van der Waals surface area contributed by atoms with Crippen molar-refractivity contribution in [2.45, 2.75) is 90.4 Å². The summed E-state index contributed by atoms with van der Waals surface area (Å²) in [6.07, 6.45) is 17.0. The molecule has 31 heavy (non-hydrogen) atoms. The van der Waals surface area contributed by atoms with Gasteiger partial charge in [0.25, 0.3) is 0 Å². The molecule has 0 aromatic heterocycles. The van der Waals surface area contributed by atoms with E-state index in [0.717, 1.165) is 17.8 Å². The van der Waals surface area contributed by atoms with Crippen LogP contribution in [0.15, 0.2) is 48.0 Å². The molecule has 2 fully saturated rings. The van der Waals surface area contributed by atoms with E-state index < -0.39 is 0 Å². The van der Waals surface area contributed by atoms with Gasteiger partial charge in [-0.15, -0.1) is 0 Å². The van der Waals surface area contributed by atoms with Crippen LogP contribution in [0.3, 0.4) is 0 Å². The number of benzene rings is 2. The summed E-state index contributed by atoms with van der Waals surface area (Å²) >= 11 is 0. The maximum atomic E-state index is 2.53. The van der Waals surface area contributed by atoms with E-state index in [-0.39, 0.29) is 5.41 Å². The lowest BCUT2D eigenvalue weighted by Gasteiger charge is -2.39. The Morgan fingerprint density at radius 2 is 1.61 bits per heavy atom. The molecule has 2 unspecified atom stereocenters. The van der Waals surface area contributed by atoms with E-state index >= 15 is 0 Å². The smallest absolute Gasteiger partial charge is 0.00576 e. The molecule has 0 amide bonds. The van der Waals surface area contributed by atoms with E-state index in [9.17, 15) is 0 Å². The highest BCUT2D eigenvalue weighted by Crippen LogP contribution is 2.44. The van der Waals surface area contributed by atoms with Crippen LogP contribution in [0, 0.1) is 17.8 Å². The standard InChI is InChI=1S/C31H40/c1-31(2,3)28-15-13-26(14-16-28)29-12-6-11-27-20-25(21-30(27)29)10-5-9-24-18-22-7-4-8-23(17-22)19-24/h6,11-16,21-24H,4-5,7-10,17-20H2,1-3H3. The Labute approximate surface area is 190 Å². The molecule has 2 atom stereocenters. The van der Waals surface area contributed by atoms with Gasteiger partial charge in [0.2, 0.25) is 0 Å². The number of hydrogen-bond acceptors (Lipinski definition) is 0. The van der Waals surface area contributed by atoms with Crippen LogP contribution in [0.1, 0.15) is 95.2 Å². The van der Waals surface area contributed by atoms with Crippen molar-refractivity contribution in [3.05, 3.63) is 64.7 Å². The molecule has 2 saturated carbocycles. The van der Waals surface area contributed by atoms with Gasteiger partial charge in [0.05, 0.1) is 0 Å². The van der Waals surface area contributed by atoms with Crippen LogP contribution in [0.5, 0.6) is 0 Å². The normalized spacial score (nSPS) is 25.3. The minimum atomic E-state index is 0.210. The van der Waals surface area contributed by atoms with Crippen LogP contribution >= 0.6 is 0 Å². The first-order chi connectivity index (χ1) is 15.0. The first kappa shape index (κ1) is 21.0. The maximum absolute atomic E-state index is 2.53. The molecular formula is C31H40. The van der Waals surface area contributed by atoms with Gasteiger partial charge in [-0.25, -0.2) is 0 Å². The third-order valence-electron chi connectivity index (χ3n) is 8.36. The Balaban J connectivity index is 1.24. The summed E-state index contributed by atoms with van der Waals surface area (Å²) in [7, 11) is 0. The molecule has 0 nitrogen and oxygen atoms in total. The zero-order valence-corrected chi connectivity index (χ0v) is 19.9. The summed E-state index contributed by atoms with van der Waals surface area (Å²) < 4.78 is 0. The van der Waals surface area contributed by atoms with Gasteiger partial charge in [0.15, 0.2) is 0 Å². The van der Waals surface area contributed by atoms with Crippen molar-refractivity contribution in [2.24, 2.45) is 17.8 Å². The minimum absolute atomic E-state index is 0.210. The summed E-state index contributed by atoms with van der Waals surface area (Å²) in [5, 5.41) is 0. The Morgan fingerprint density at radius 1 is 0.871 bits per heavy atom. The van der Waals surface area contributed by atoms with Crippen molar-refractivity contribution in [2.75, 3.05) is 0 Å². The Bertz CT molecular complexity index is 925. The molecule has 2 bridgehead atoms. The van der Waals surface area contributed by atoms with E-state index in [1.807, 2.05) is 0 Å². The highest BCUT2D eigenvalue weighted by atomic mass is 14.4. The Kier molecular flexibility index (Phi) is 5.84. The van der Waals surface area contributed by atoms with Gasteiger partial charge in [-0.05, 0) is 89.5 Å². The first-order valence-electron chi connectivity index (χ1n) is 12.9. The quantitative estimate of drug-likeness (QED) is 0.459. The molecule has 3 aliphatic rings. The van der Waals surface area contributed by atoms with Crippen LogP contribution in [0.4, 0.5) is 0 Å². The third kappa shape index (κ3) is 4.69. The molecule has 0 aliphatic heterocycles. The minimum Gasteiger partial charge on any atom is -0.0652 e. The summed E-state index contributed by atoms with van der Waals surface area (Å²) in [5.74, 6) is 3.16. The number of rotatable bonds is 5. The van der Waals surface area contributed by atoms with Crippen molar-refractivity contribution < 1.29 is 0 Å². The van der Waals surface area contributed by atoms with E-state index in [0.29, 0.717) is 0 Å². The number of fused-ring (bicyclic) bond motifs is 3. The van der Waals surface area contributed by atoms with Gasteiger partial charge in [-0.1, -0.05) is 101 Å². The molecule has 164 valence electrons. The molecule has 2 aromatic carbocycles. The number of allylic oxidation sites excluding steroid dienone is 1. The largest absolute Gasteiger partial charge is 0.0652 e. The molecule has 0 N–H and O–H groups in total. The highest BCUT2D eigenvalue weighted by molar-refractivity contribution is 5.80. The van der Waals surface area contributed by atoms with Crippen LogP contribution < -0.4 is 0 Å². The van der Waals surface area contributed by atoms with Crippen LogP contribution in [-0.4, -0.2) is 0 Å². The average Bonchev–Trinajstić information content (AvgIpc) is 3.16. The highest BCUT2D eigenvalue weighted by Gasteiger charge is 2.31. The second-order valence-electron chi connectivity index (χ2n) is 11.8. The second kappa shape index (κ2) is 8.61. The zero-order valence-electron chi connectivity index (χ0n) is 19.9. The van der Waals surface area contributed by atoms with Crippen molar-refractivity contribution in [3.8, 4) is 11.1 Å². The molecule has 5 rings (SSSR count). The molecule has 0 heteroatoms. The van der Waals surface area contributed by atoms with Crippen LogP contribution in [0.2, 0.25) is 0 Å². The molecule has 2 aromatic rings. The Morgan fingerprint density at radius 3 is 2.32 bits per heavy atom. The fraction of sp³-hybridized carbons (Fsp3) is 0.548. The molecule has 0 spiro atoms. The van der Waals surface area contributed by atoms with Gasteiger partial charge >= 0.3 is 0 Å². The predicted molar refractivity (Wildman–Crippen MR) is 134 cm³/mol. The average molecular weight is 413 g/mol.